The number of hydrogen-bond acceptors (Lipinski definition) is 1. The number of fused-ring (bicyclic) bond motifs is 9. The molecule has 0 N–H and O–H groups in total. The zero-order valence-electron chi connectivity index (χ0n) is 53.1. The normalized spacial score (nSPS) is 17.8. The van der Waals surface area contributed by atoms with Crippen LogP contribution in [0.1, 0.15) is 32.9 Å². The predicted octanol–water partition coefficient (Wildman–Crippen LogP) is 14.8. The van der Waals surface area contributed by atoms with Crippen molar-refractivity contribution in [3.63, 3.8) is 0 Å². The van der Waals surface area contributed by atoms with Crippen LogP contribution in [0.4, 0.5) is 0 Å². The van der Waals surface area contributed by atoms with Gasteiger partial charge in [-0.15, -0.1) is 0 Å². The molecule has 0 unspecified atom stereocenters. The molecule has 3 aromatic heterocycles. The Kier molecular flexibility index (Phi) is 3.55. The maximum atomic E-state index is 10.1. The van der Waals surface area contributed by atoms with Crippen molar-refractivity contribution in [1.82, 2.24) is 9.13 Å². The van der Waals surface area contributed by atoms with Gasteiger partial charge in [0.15, 0.2) is 0 Å². The maximum absolute atomic E-state index is 10.1. The van der Waals surface area contributed by atoms with E-state index in [9.17, 15) is 15.1 Å². The second kappa shape index (κ2) is 12.5. The van der Waals surface area contributed by atoms with E-state index in [1.165, 1.54) is 4.57 Å². The van der Waals surface area contributed by atoms with Gasteiger partial charge in [0.1, 0.15) is 11.2 Å². The van der Waals surface area contributed by atoms with Crippen molar-refractivity contribution >= 4 is 65.6 Å². The Labute approximate surface area is 362 Å². The van der Waals surface area contributed by atoms with Crippen molar-refractivity contribution in [2.45, 2.75) is 0 Å². The quantitative estimate of drug-likeness (QED) is 0.172. The van der Waals surface area contributed by atoms with E-state index in [0.717, 1.165) is 16.2 Å². The number of hydrogen-bond donors (Lipinski definition) is 0. The summed E-state index contributed by atoms with van der Waals surface area (Å²) in [4.78, 5) is 0. The van der Waals surface area contributed by atoms with Gasteiger partial charge >= 0.3 is 0 Å². The van der Waals surface area contributed by atoms with E-state index < -0.39 is 200 Å². The number of furan rings is 1. The lowest BCUT2D eigenvalue weighted by atomic mass is 9.98. The van der Waals surface area contributed by atoms with Crippen LogP contribution in [0.3, 0.4) is 0 Å². The summed E-state index contributed by atoms with van der Waals surface area (Å²) in [6.07, 6.45) is 0. The first-order valence-corrected chi connectivity index (χ1v) is 17.6. The molecule has 3 nitrogen and oxygen atoms in total. The Balaban J connectivity index is 1.25. The van der Waals surface area contributed by atoms with E-state index in [0.29, 0.717) is 5.56 Å². The summed E-state index contributed by atoms with van der Waals surface area (Å²) in [7, 11) is 0. The standard InChI is InChI=1S/C54H34N2O/c1-3-14-35(15-4-1)37-18-13-19-40(30-37)55-48-23-10-7-20-42(48)46-31-38(26-28-50(46)55)39-27-29-51-47(32-39)43-21-8-11-24-49(43)56(51)41-33-45(36-16-5-2-6-17-36)54-44-22-9-12-25-52(44)57-53(54)34-41/h1-34H/i2D,5D,6D,7D,8D,9D,10D,11D,12D,16D,17D,20D,21D,22D,23D,24D,25D,26D,27D,28D,29D,31D,32D,33D. The highest BCUT2D eigenvalue weighted by Gasteiger charge is 2.20. The Morgan fingerprint density at radius 2 is 0.947 bits per heavy atom. The van der Waals surface area contributed by atoms with Gasteiger partial charge in [0.05, 0.1) is 60.7 Å². The summed E-state index contributed by atoms with van der Waals surface area (Å²) in [6.45, 7) is 0. The summed E-state index contributed by atoms with van der Waals surface area (Å²) in [5.41, 5.74) is -3.59. The molecule has 0 aliphatic heterocycles. The molecule has 0 saturated carbocycles. The van der Waals surface area contributed by atoms with Gasteiger partial charge in [-0.1, -0.05) is 139 Å². The number of rotatable bonds is 5. The lowest BCUT2D eigenvalue weighted by Crippen LogP contribution is -1.95. The second-order valence-electron chi connectivity index (χ2n) is 13.1. The molecule has 12 rings (SSSR count). The first kappa shape index (κ1) is 16.2. The monoisotopic (exact) mass is 750 g/mol. The summed E-state index contributed by atoms with van der Waals surface area (Å²) >= 11 is 0. The minimum Gasteiger partial charge on any atom is -0.456 e. The first-order valence-electron chi connectivity index (χ1n) is 29.6. The lowest BCUT2D eigenvalue weighted by molar-refractivity contribution is 0.668. The molecule has 57 heavy (non-hydrogen) atoms. The molecule has 0 saturated heterocycles. The van der Waals surface area contributed by atoms with Gasteiger partial charge in [0.2, 0.25) is 0 Å². The summed E-state index contributed by atoms with van der Waals surface area (Å²) in [5, 5.41) is -2.19. The average Bonchev–Trinajstić information content (AvgIpc) is 3.83. The van der Waals surface area contributed by atoms with E-state index in [1.54, 1.807) is 24.3 Å². The molecule has 0 atom stereocenters. The zero-order chi connectivity index (χ0) is 58.3. The largest absolute Gasteiger partial charge is 0.456 e. The van der Waals surface area contributed by atoms with Crippen molar-refractivity contribution < 1.29 is 37.3 Å². The molecule has 0 spiro atoms. The first-order chi connectivity index (χ1) is 38.3. The lowest BCUT2D eigenvalue weighted by Gasteiger charge is -2.12. The van der Waals surface area contributed by atoms with Gasteiger partial charge < -0.3 is 13.6 Å². The third kappa shape index (κ3) is 4.92. The van der Waals surface area contributed by atoms with Gasteiger partial charge in [-0.3, -0.25) is 0 Å². The third-order valence-electron chi connectivity index (χ3n) is 9.90. The molecule has 0 amide bonds. The van der Waals surface area contributed by atoms with Crippen molar-refractivity contribution in [3.8, 4) is 44.8 Å². The van der Waals surface area contributed by atoms with Gasteiger partial charge in [0, 0.05) is 44.1 Å². The zero-order valence-corrected chi connectivity index (χ0v) is 29.1. The molecular weight excluding hydrogens is 693 g/mol. The Morgan fingerprint density at radius 1 is 0.368 bits per heavy atom. The highest BCUT2D eigenvalue weighted by Crippen LogP contribution is 2.42. The van der Waals surface area contributed by atoms with Crippen LogP contribution in [0.5, 0.6) is 0 Å². The van der Waals surface area contributed by atoms with Gasteiger partial charge in [-0.25, -0.2) is 0 Å². The van der Waals surface area contributed by atoms with E-state index >= 15 is 0 Å². The topological polar surface area (TPSA) is 23.0 Å². The molecule has 3 heterocycles. The SMILES string of the molecule is [2H]c1c([2H])c([2H])c(-c2c([2H])c(-n3c4c([2H])c([2H])c([2H])c([2H])c4c4c([2H])c(-c5c([2H])c([2H])c6c(c5[2H])c5c([2H])c([2H])c([2H])c([2H])c5n6-c5cccc(-c6ccccc6)c5)c([2H])c([2H])c43)cc3oc4c([2H])c([2H])c([2H])c([2H])c4c23)c([2H])c1[2H]. The minimum absolute atomic E-state index is 0.165. The molecule has 12 aromatic rings. The molecule has 0 fully saturated rings. The van der Waals surface area contributed by atoms with Crippen LogP contribution in [-0.2, 0) is 0 Å². The molecule has 3 heteroatoms. The van der Waals surface area contributed by atoms with Crippen LogP contribution in [-0.4, -0.2) is 9.13 Å². The van der Waals surface area contributed by atoms with E-state index in [4.69, 9.17) is 22.2 Å². The van der Waals surface area contributed by atoms with Crippen molar-refractivity contribution in [1.29, 1.82) is 0 Å². The van der Waals surface area contributed by atoms with Gasteiger partial charge in [-0.2, -0.15) is 0 Å². The molecule has 9 aromatic carbocycles. The van der Waals surface area contributed by atoms with Crippen molar-refractivity contribution in [2.75, 3.05) is 0 Å². The van der Waals surface area contributed by atoms with E-state index in [2.05, 4.69) is 0 Å². The van der Waals surface area contributed by atoms with Crippen LogP contribution in [0, 0.1) is 0 Å². The number of para-hydroxylation sites is 3. The van der Waals surface area contributed by atoms with Gasteiger partial charge in [-0.05, 0) is 93.9 Å². The minimum atomic E-state index is -0.917. The fourth-order valence-electron chi connectivity index (χ4n) is 7.45. The van der Waals surface area contributed by atoms with Crippen molar-refractivity contribution in [3.05, 3.63) is 206 Å². The Bertz CT molecular complexity index is 4900. The highest BCUT2D eigenvalue weighted by molar-refractivity contribution is 6.15. The van der Waals surface area contributed by atoms with Crippen LogP contribution in [0.15, 0.2) is 210 Å². The summed E-state index contributed by atoms with van der Waals surface area (Å²) < 4.78 is 228. The van der Waals surface area contributed by atoms with Crippen LogP contribution in [0.25, 0.3) is 110 Å². The van der Waals surface area contributed by atoms with Crippen molar-refractivity contribution in [2.24, 2.45) is 0 Å². The fraction of sp³-hybridized carbons (Fsp3) is 0. The molecule has 266 valence electrons. The molecule has 0 radical (unpaired) electrons. The van der Waals surface area contributed by atoms with Crippen LogP contribution in [0.2, 0.25) is 0 Å². The van der Waals surface area contributed by atoms with E-state index in [1.807, 2.05) is 30.3 Å². The third-order valence-corrected chi connectivity index (χ3v) is 9.90. The second-order valence-corrected chi connectivity index (χ2v) is 13.1. The summed E-state index contributed by atoms with van der Waals surface area (Å²) in [6, 6.07) is -1.45. The number of nitrogens with zero attached hydrogens (tertiary/aromatic N) is 2. The smallest absolute Gasteiger partial charge is 0.138 e. The van der Waals surface area contributed by atoms with E-state index in [-0.39, 0.29) is 43.8 Å². The number of benzene rings is 9. The highest BCUT2D eigenvalue weighted by atomic mass is 16.3. The molecule has 0 aliphatic rings. The fourth-order valence-corrected chi connectivity index (χ4v) is 7.45. The Hall–Kier alpha value is -7.62. The van der Waals surface area contributed by atoms with Crippen LogP contribution >= 0.6 is 0 Å². The Morgan fingerprint density at radius 3 is 1.65 bits per heavy atom. The molecule has 0 bridgehead atoms. The predicted molar refractivity (Wildman–Crippen MR) is 239 cm³/mol. The number of aromatic nitrogens is 2. The molecule has 0 aliphatic carbocycles. The van der Waals surface area contributed by atoms with Gasteiger partial charge in [0.25, 0.3) is 0 Å². The average molecular weight is 751 g/mol. The summed E-state index contributed by atoms with van der Waals surface area (Å²) in [5.74, 6) is 0. The van der Waals surface area contributed by atoms with Crippen LogP contribution < -0.4 is 0 Å². The maximum Gasteiger partial charge on any atom is 0.138 e. The molecular formula is C54H34N2O.